The number of amides is 1. The van der Waals surface area contributed by atoms with Crippen molar-refractivity contribution in [3.63, 3.8) is 0 Å². The Bertz CT molecular complexity index is 583. The summed E-state index contributed by atoms with van der Waals surface area (Å²) in [6, 6.07) is 4.59. The minimum absolute atomic E-state index is 0.146. The van der Waals surface area contributed by atoms with Gasteiger partial charge in [-0.2, -0.15) is 4.80 Å². The van der Waals surface area contributed by atoms with Crippen molar-refractivity contribution in [2.45, 2.75) is 13.5 Å². The summed E-state index contributed by atoms with van der Waals surface area (Å²) < 4.78 is 0. The summed E-state index contributed by atoms with van der Waals surface area (Å²) >= 11 is 11.6. The number of nitrogens with one attached hydrogen (secondary N) is 1. The molecule has 0 radical (unpaired) electrons. The van der Waals surface area contributed by atoms with Crippen molar-refractivity contribution in [3.05, 3.63) is 33.8 Å². The Balaban J connectivity index is 2.14. The van der Waals surface area contributed by atoms with Crippen LogP contribution in [0, 0.1) is 0 Å². The maximum Gasteiger partial charge on any atom is 0.270 e. The molecular formula is C10H9Cl2N5O. The highest BCUT2D eigenvalue weighted by molar-refractivity contribution is 6.42. The molecular weight excluding hydrogens is 277 g/mol. The normalized spacial score (nSPS) is 10.4. The highest BCUT2D eigenvalue weighted by Gasteiger charge is 2.11. The van der Waals surface area contributed by atoms with E-state index in [2.05, 4.69) is 20.7 Å². The van der Waals surface area contributed by atoms with Gasteiger partial charge in [-0.25, -0.2) is 0 Å². The Morgan fingerprint density at radius 1 is 1.39 bits per heavy atom. The molecule has 1 heterocycles. The molecule has 0 bridgehead atoms. The fraction of sp³-hybridized carbons (Fsp3) is 0.200. The zero-order chi connectivity index (χ0) is 13.1. The van der Waals surface area contributed by atoms with Crippen molar-refractivity contribution in [1.29, 1.82) is 0 Å². The highest BCUT2D eigenvalue weighted by Crippen LogP contribution is 2.22. The number of carbonyl (C=O) groups is 1. The monoisotopic (exact) mass is 285 g/mol. The first-order valence-electron chi connectivity index (χ1n) is 5.14. The molecule has 18 heavy (non-hydrogen) atoms. The van der Waals surface area contributed by atoms with Gasteiger partial charge in [0.05, 0.1) is 16.6 Å². The molecule has 0 aliphatic carbocycles. The Morgan fingerprint density at radius 2 is 2.17 bits per heavy atom. The minimum Gasteiger partial charge on any atom is -0.288 e. The summed E-state index contributed by atoms with van der Waals surface area (Å²) in [4.78, 5) is 13.2. The molecule has 2 aromatic rings. The number of anilines is 1. The van der Waals surface area contributed by atoms with Gasteiger partial charge in [0.15, 0.2) is 0 Å². The predicted octanol–water partition coefficient (Wildman–Crippen LogP) is 2.25. The number of tetrazole rings is 1. The van der Waals surface area contributed by atoms with E-state index >= 15 is 0 Å². The Labute approximate surface area is 113 Å². The predicted molar refractivity (Wildman–Crippen MR) is 67.9 cm³/mol. The van der Waals surface area contributed by atoms with Crippen LogP contribution in [0.25, 0.3) is 0 Å². The zero-order valence-electron chi connectivity index (χ0n) is 9.39. The molecule has 8 heteroatoms. The van der Waals surface area contributed by atoms with Gasteiger partial charge in [0.1, 0.15) is 0 Å². The number of hydrogen-bond acceptors (Lipinski definition) is 4. The van der Waals surface area contributed by atoms with Crippen molar-refractivity contribution in [2.24, 2.45) is 0 Å². The smallest absolute Gasteiger partial charge is 0.270 e. The second-order valence-corrected chi connectivity index (χ2v) is 4.20. The minimum atomic E-state index is -0.371. The van der Waals surface area contributed by atoms with Gasteiger partial charge in [0.2, 0.25) is 0 Å². The summed E-state index contributed by atoms with van der Waals surface area (Å²) in [6.45, 7) is 2.45. The summed E-state index contributed by atoms with van der Waals surface area (Å²) in [6.07, 6.45) is 0. The van der Waals surface area contributed by atoms with E-state index in [1.807, 2.05) is 6.92 Å². The third-order valence-electron chi connectivity index (χ3n) is 2.14. The Kier molecular flexibility index (Phi) is 3.78. The molecule has 2 rings (SSSR count). The molecule has 1 aromatic carbocycles. The highest BCUT2D eigenvalue weighted by atomic mass is 35.5. The maximum atomic E-state index is 11.8. The molecule has 94 valence electrons. The van der Waals surface area contributed by atoms with Crippen molar-refractivity contribution in [3.8, 4) is 0 Å². The van der Waals surface area contributed by atoms with Crippen molar-refractivity contribution in [2.75, 3.05) is 5.32 Å². The second-order valence-electron chi connectivity index (χ2n) is 3.38. The van der Waals surface area contributed by atoms with Gasteiger partial charge in [-0.1, -0.05) is 28.3 Å². The third-order valence-corrected chi connectivity index (χ3v) is 2.88. The summed E-state index contributed by atoms with van der Waals surface area (Å²) in [5.74, 6) is -0.225. The fourth-order valence-electron chi connectivity index (χ4n) is 1.24. The molecule has 0 aliphatic rings. The lowest BCUT2D eigenvalue weighted by atomic mass is 10.2. The molecule has 0 saturated carbocycles. The molecule has 0 atom stereocenters. The third kappa shape index (κ3) is 2.77. The van der Waals surface area contributed by atoms with Gasteiger partial charge >= 0.3 is 0 Å². The molecule has 0 saturated heterocycles. The lowest BCUT2D eigenvalue weighted by molar-refractivity contribution is 0.102. The summed E-state index contributed by atoms with van der Waals surface area (Å²) in [5, 5.41) is 14.6. The van der Waals surface area contributed by atoms with E-state index < -0.39 is 0 Å². The molecule has 0 spiro atoms. The van der Waals surface area contributed by atoms with E-state index in [0.717, 1.165) is 0 Å². The second kappa shape index (κ2) is 5.32. The molecule has 1 N–H and O–H groups in total. The first kappa shape index (κ1) is 12.8. The van der Waals surface area contributed by atoms with Crippen LogP contribution in [0.1, 0.15) is 17.3 Å². The van der Waals surface area contributed by atoms with Crippen LogP contribution in [0.4, 0.5) is 5.95 Å². The first-order valence-corrected chi connectivity index (χ1v) is 5.90. The molecule has 6 nitrogen and oxygen atoms in total. The average molecular weight is 286 g/mol. The Morgan fingerprint density at radius 3 is 2.78 bits per heavy atom. The van der Waals surface area contributed by atoms with Gasteiger partial charge in [-0.15, -0.1) is 5.10 Å². The quantitative estimate of drug-likeness (QED) is 0.939. The molecule has 0 fully saturated rings. The van der Waals surface area contributed by atoms with Gasteiger partial charge < -0.3 is 0 Å². The molecule has 0 aliphatic heterocycles. The van der Waals surface area contributed by atoms with E-state index in [4.69, 9.17) is 23.2 Å². The van der Waals surface area contributed by atoms with Gasteiger partial charge in [0.25, 0.3) is 11.9 Å². The summed E-state index contributed by atoms with van der Waals surface area (Å²) in [7, 11) is 0. The molecule has 0 unspecified atom stereocenters. The average Bonchev–Trinajstić information content (AvgIpc) is 2.80. The van der Waals surface area contributed by atoms with Crippen LogP contribution in [0.15, 0.2) is 18.2 Å². The summed E-state index contributed by atoms with van der Waals surface area (Å²) in [5.41, 5.74) is 0.372. The van der Waals surface area contributed by atoms with Crippen molar-refractivity contribution in [1.82, 2.24) is 20.2 Å². The Hall–Kier alpha value is -1.66. The maximum absolute atomic E-state index is 11.8. The lowest BCUT2D eigenvalue weighted by Gasteiger charge is -2.02. The van der Waals surface area contributed by atoms with Crippen LogP contribution in [0.2, 0.25) is 10.0 Å². The van der Waals surface area contributed by atoms with Crippen LogP contribution < -0.4 is 5.32 Å². The van der Waals surface area contributed by atoms with Crippen LogP contribution in [-0.2, 0) is 6.54 Å². The number of halogens is 2. The first-order chi connectivity index (χ1) is 8.60. The zero-order valence-corrected chi connectivity index (χ0v) is 10.9. The number of aromatic nitrogens is 4. The lowest BCUT2D eigenvalue weighted by Crippen LogP contribution is -2.13. The van der Waals surface area contributed by atoms with E-state index in [-0.39, 0.29) is 11.9 Å². The molecule has 1 amide bonds. The van der Waals surface area contributed by atoms with E-state index in [9.17, 15) is 4.79 Å². The van der Waals surface area contributed by atoms with Gasteiger partial charge in [-0.3, -0.25) is 10.1 Å². The largest absolute Gasteiger partial charge is 0.288 e. The fourth-order valence-corrected chi connectivity index (χ4v) is 1.54. The van der Waals surface area contributed by atoms with Crippen LogP contribution >= 0.6 is 23.2 Å². The standard InChI is InChI=1S/C10H9Cl2N5O/c1-2-17-15-10(14-16-17)13-9(18)6-3-4-7(11)8(12)5-6/h3-5H,2H2,1H3,(H,13,15,18). The number of carbonyl (C=O) groups excluding carboxylic acids is 1. The van der Waals surface area contributed by atoms with Crippen molar-refractivity contribution < 1.29 is 4.79 Å². The van der Waals surface area contributed by atoms with E-state index in [1.165, 1.54) is 10.9 Å². The van der Waals surface area contributed by atoms with Crippen LogP contribution in [0.3, 0.4) is 0 Å². The number of rotatable bonds is 3. The van der Waals surface area contributed by atoms with Crippen LogP contribution in [-0.4, -0.2) is 26.1 Å². The van der Waals surface area contributed by atoms with Crippen LogP contribution in [0.5, 0.6) is 0 Å². The number of aryl methyl sites for hydroxylation is 1. The number of benzene rings is 1. The topological polar surface area (TPSA) is 72.7 Å². The van der Waals surface area contributed by atoms with Crippen molar-refractivity contribution >= 4 is 35.1 Å². The van der Waals surface area contributed by atoms with Gasteiger partial charge in [0, 0.05) is 5.56 Å². The molecule has 1 aromatic heterocycles. The van der Waals surface area contributed by atoms with Gasteiger partial charge in [-0.05, 0) is 30.3 Å². The van der Waals surface area contributed by atoms with E-state index in [0.29, 0.717) is 22.2 Å². The number of hydrogen-bond donors (Lipinski definition) is 1. The SMILES string of the molecule is CCn1nnc(NC(=O)c2ccc(Cl)c(Cl)c2)n1. The van der Waals surface area contributed by atoms with E-state index in [1.54, 1.807) is 12.1 Å². The number of nitrogens with zero attached hydrogens (tertiary/aromatic N) is 4.